The number of amides is 1. The van der Waals surface area contributed by atoms with Crippen molar-refractivity contribution >= 4 is 22.7 Å². The fourth-order valence-electron chi connectivity index (χ4n) is 3.56. The Bertz CT molecular complexity index is 1150. The molecule has 0 unspecified atom stereocenters. The fourth-order valence-corrected chi connectivity index (χ4v) is 3.56. The Balaban J connectivity index is 1.56. The number of oxazole rings is 1. The fraction of sp³-hybridized carbons (Fsp3) is 0.250. The first-order valence-electron chi connectivity index (χ1n) is 9.04. The van der Waals surface area contributed by atoms with Gasteiger partial charge < -0.3 is 14.6 Å². The van der Waals surface area contributed by atoms with Crippen molar-refractivity contribution in [3.8, 4) is 11.1 Å². The van der Waals surface area contributed by atoms with E-state index in [2.05, 4.69) is 15.3 Å². The number of hydrogen-bond acceptors (Lipinski definition) is 5. The normalized spacial score (nSPS) is 14.9. The third kappa shape index (κ3) is 2.76. The van der Waals surface area contributed by atoms with Crippen molar-refractivity contribution < 1.29 is 9.21 Å². The predicted octanol–water partition coefficient (Wildman–Crippen LogP) is 2.50. The number of carbonyl (C=O) groups is 1. The first-order valence-corrected chi connectivity index (χ1v) is 9.04. The third-order valence-electron chi connectivity index (χ3n) is 4.96. The molecular formula is C20H19N5O2. The zero-order valence-corrected chi connectivity index (χ0v) is 15.0. The lowest BCUT2D eigenvalue weighted by molar-refractivity contribution is 0.0729. The maximum absolute atomic E-state index is 12.9. The van der Waals surface area contributed by atoms with Crippen molar-refractivity contribution in [2.24, 2.45) is 0 Å². The average Bonchev–Trinajstić information content (AvgIpc) is 3.29. The van der Waals surface area contributed by atoms with Crippen molar-refractivity contribution in [3.63, 3.8) is 0 Å². The molecule has 1 aromatic carbocycles. The van der Waals surface area contributed by atoms with Crippen molar-refractivity contribution in [3.05, 3.63) is 54.3 Å². The quantitative estimate of drug-likeness (QED) is 0.594. The number of benzene rings is 1. The lowest BCUT2D eigenvalue weighted by Gasteiger charge is -2.27. The molecule has 7 nitrogen and oxygen atoms in total. The van der Waals surface area contributed by atoms with Gasteiger partial charge in [-0.3, -0.25) is 9.20 Å². The molecule has 0 radical (unpaired) electrons. The lowest BCUT2D eigenvalue weighted by atomic mass is 10.1. The molecule has 0 saturated carbocycles. The maximum atomic E-state index is 12.9. The summed E-state index contributed by atoms with van der Waals surface area (Å²) >= 11 is 0. The molecule has 4 aromatic rings. The average molecular weight is 361 g/mol. The number of aryl methyl sites for hydroxylation is 1. The summed E-state index contributed by atoms with van der Waals surface area (Å²) in [6.07, 6.45) is 3.62. The van der Waals surface area contributed by atoms with E-state index in [4.69, 9.17) is 4.42 Å². The number of aromatic nitrogens is 3. The second kappa shape index (κ2) is 6.21. The van der Waals surface area contributed by atoms with Gasteiger partial charge in [0.25, 0.3) is 5.91 Å². The number of fused-ring (bicyclic) bond motifs is 2. The van der Waals surface area contributed by atoms with Gasteiger partial charge in [-0.2, -0.15) is 0 Å². The maximum Gasteiger partial charge on any atom is 0.272 e. The molecule has 4 heterocycles. The van der Waals surface area contributed by atoms with Gasteiger partial charge in [-0.25, -0.2) is 9.97 Å². The van der Waals surface area contributed by atoms with Crippen LogP contribution < -0.4 is 5.32 Å². The van der Waals surface area contributed by atoms with E-state index in [1.54, 1.807) is 6.20 Å². The van der Waals surface area contributed by atoms with Crippen molar-refractivity contribution in [1.29, 1.82) is 0 Å². The highest BCUT2D eigenvalue weighted by Crippen LogP contribution is 2.25. The number of imidazole rings is 1. The topological polar surface area (TPSA) is 75.7 Å². The molecule has 27 heavy (non-hydrogen) atoms. The Kier molecular flexibility index (Phi) is 3.68. The first-order chi connectivity index (χ1) is 13.2. The van der Waals surface area contributed by atoms with Gasteiger partial charge in [0.05, 0.1) is 6.20 Å². The standard InChI is InChI=1S/C20H19N5O2/c1-13-23-16-10-14(2-4-18(16)27-13)15-3-5-19-22-11-17(25(19)12-15)20(26)24-8-6-21-7-9-24/h2-5,10-12,21H,6-9H2,1H3. The molecule has 0 bridgehead atoms. The number of hydrogen-bond donors (Lipinski definition) is 1. The van der Waals surface area contributed by atoms with Crippen LogP contribution >= 0.6 is 0 Å². The highest BCUT2D eigenvalue weighted by Gasteiger charge is 2.21. The molecule has 0 spiro atoms. The Labute approximate surface area is 155 Å². The Morgan fingerprint density at radius 1 is 1.15 bits per heavy atom. The monoisotopic (exact) mass is 361 g/mol. The number of rotatable bonds is 2. The molecule has 5 rings (SSSR count). The van der Waals surface area contributed by atoms with E-state index in [9.17, 15) is 4.79 Å². The van der Waals surface area contributed by atoms with Gasteiger partial charge >= 0.3 is 0 Å². The minimum absolute atomic E-state index is 0.0173. The minimum atomic E-state index is 0.0173. The van der Waals surface area contributed by atoms with E-state index in [0.717, 1.165) is 41.0 Å². The number of carbonyl (C=O) groups excluding carboxylic acids is 1. The van der Waals surface area contributed by atoms with Crippen LogP contribution in [0.3, 0.4) is 0 Å². The van der Waals surface area contributed by atoms with Gasteiger partial charge in [0.2, 0.25) is 0 Å². The summed E-state index contributed by atoms with van der Waals surface area (Å²) in [6, 6.07) is 9.87. The van der Waals surface area contributed by atoms with Crippen LogP contribution in [0.5, 0.6) is 0 Å². The Morgan fingerprint density at radius 2 is 1.96 bits per heavy atom. The zero-order chi connectivity index (χ0) is 18.4. The van der Waals surface area contributed by atoms with Gasteiger partial charge in [0, 0.05) is 39.3 Å². The summed E-state index contributed by atoms with van der Waals surface area (Å²) in [4.78, 5) is 23.6. The van der Waals surface area contributed by atoms with Crippen LogP contribution in [0.4, 0.5) is 0 Å². The zero-order valence-electron chi connectivity index (χ0n) is 15.0. The molecule has 136 valence electrons. The lowest BCUT2D eigenvalue weighted by Crippen LogP contribution is -2.46. The molecule has 1 amide bonds. The largest absolute Gasteiger partial charge is 0.441 e. The van der Waals surface area contributed by atoms with Gasteiger partial charge in [-0.05, 0) is 35.4 Å². The molecular weight excluding hydrogens is 342 g/mol. The number of pyridine rings is 1. The van der Waals surface area contributed by atoms with Crippen LogP contribution in [0.1, 0.15) is 16.4 Å². The van der Waals surface area contributed by atoms with E-state index < -0.39 is 0 Å². The van der Waals surface area contributed by atoms with E-state index in [0.29, 0.717) is 24.7 Å². The van der Waals surface area contributed by atoms with Crippen molar-refractivity contribution in [2.75, 3.05) is 26.2 Å². The van der Waals surface area contributed by atoms with Crippen LogP contribution in [-0.2, 0) is 0 Å². The molecule has 1 aliphatic rings. The van der Waals surface area contributed by atoms with Crippen molar-refractivity contribution in [2.45, 2.75) is 6.92 Å². The highest BCUT2D eigenvalue weighted by atomic mass is 16.3. The first kappa shape index (κ1) is 16.0. The second-order valence-corrected chi connectivity index (χ2v) is 6.75. The van der Waals surface area contributed by atoms with Gasteiger partial charge in [-0.1, -0.05) is 6.07 Å². The second-order valence-electron chi connectivity index (χ2n) is 6.75. The summed E-state index contributed by atoms with van der Waals surface area (Å²) < 4.78 is 7.43. The predicted molar refractivity (Wildman–Crippen MR) is 102 cm³/mol. The number of nitrogens with zero attached hydrogens (tertiary/aromatic N) is 4. The molecule has 0 aliphatic carbocycles. The van der Waals surface area contributed by atoms with Crippen molar-refractivity contribution in [1.82, 2.24) is 24.6 Å². The van der Waals surface area contributed by atoms with Crippen LogP contribution in [0.25, 0.3) is 27.9 Å². The Morgan fingerprint density at radius 3 is 2.81 bits per heavy atom. The van der Waals surface area contributed by atoms with Crippen LogP contribution in [-0.4, -0.2) is 51.4 Å². The molecule has 0 atom stereocenters. The molecule has 1 fully saturated rings. The van der Waals surface area contributed by atoms with E-state index in [-0.39, 0.29) is 5.91 Å². The smallest absolute Gasteiger partial charge is 0.272 e. The van der Waals surface area contributed by atoms with Crippen LogP contribution in [0.2, 0.25) is 0 Å². The van der Waals surface area contributed by atoms with Gasteiger partial charge in [-0.15, -0.1) is 0 Å². The summed E-state index contributed by atoms with van der Waals surface area (Å²) in [5, 5.41) is 3.27. The summed E-state index contributed by atoms with van der Waals surface area (Å²) in [7, 11) is 0. The minimum Gasteiger partial charge on any atom is -0.441 e. The number of nitrogens with one attached hydrogen (secondary N) is 1. The van der Waals surface area contributed by atoms with Crippen LogP contribution in [0, 0.1) is 6.92 Å². The van der Waals surface area contributed by atoms with E-state index >= 15 is 0 Å². The third-order valence-corrected chi connectivity index (χ3v) is 4.96. The van der Waals surface area contributed by atoms with Gasteiger partial charge in [0.1, 0.15) is 16.9 Å². The summed E-state index contributed by atoms with van der Waals surface area (Å²) in [5.74, 6) is 0.667. The van der Waals surface area contributed by atoms with E-state index in [1.165, 1.54) is 0 Å². The summed E-state index contributed by atoms with van der Waals surface area (Å²) in [6.45, 7) is 4.92. The molecule has 1 saturated heterocycles. The Hall–Kier alpha value is -3.19. The highest BCUT2D eigenvalue weighted by molar-refractivity contribution is 5.93. The molecule has 3 aromatic heterocycles. The number of piperazine rings is 1. The SMILES string of the molecule is Cc1nc2cc(-c3ccc4ncc(C(=O)N5CCNCC5)n4c3)ccc2o1. The van der Waals surface area contributed by atoms with Gasteiger partial charge in [0.15, 0.2) is 11.5 Å². The summed E-state index contributed by atoms with van der Waals surface area (Å²) in [5.41, 5.74) is 4.97. The molecule has 1 N–H and O–H groups in total. The molecule has 1 aliphatic heterocycles. The van der Waals surface area contributed by atoms with E-state index in [1.807, 2.05) is 52.8 Å². The van der Waals surface area contributed by atoms with Crippen LogP contribution in [0.15, 0.2) is 47.1 Å². The molecule has 7 heteroatoms.